The molecule has 0 spiro atoms. The van der Waals surface area contributed by atoms with Crippen LogP contribution in [0.4, 0.5) is 29.3 Å². The standard InChI is InChI=1S/C26H28F3N3O4/c1-3-14-25(34,15-4-2)20-11-5-6-13-22(20)35-23-21(12-8-16-30-23)32-24(33)31-18-9-7-10-19(17-18)36-26(27,28)29/h5-13,16-17,34H,3-4,14-15H2,1-2H3,(H2,31,32,33). The number of alkyl halides is 3. The van der Waals surface area contributed by atoms with Crippen molar-refractivity contribution in [2.45, 2.75) is 51.5 Å². The minimum atomic E-state index is -4.85. The Hall–Kier alpha value is -3.79. The van der Waals surface area contributed by atoms with Crippen LogP contribution in [-0.4, -0.2) is 22.5 Å². The fraction of sp³-hybridized carbons (Fsp3) is 0.308. The topological polar surface area (TPSA) is 92.7 Å². The number of halogens is 3. The number of aromatic nitrogens is 1. The van der Waals surface area contributed by atoms with E-state index < -0.39 is 23.7 Å². The van der Waals surface area contributed by atoms with Gasteiger partial charge in [-0.15, -0.1) is 13.2 Å². The van der Waals surface area contributed by atoms with Crippen LogP contribution in [0.15, 0.2) is 66.9 Å². The molecule has 0 aliphatic carbocycles. The minimum Gasteiger partial charge on any atom is -0.437 e. The fourth-order valence-corrected chi connectivity index (χ4v) is 3.89. The van der Waals surface area contributed by atoms with Crippen molar-refractivity contribution in [2.24, 2.45) is 0 Å². The average Bonchev–Trinajstić information content (AvgIpc) is 2.80. The molecule has 2 amide bonds. The molecule has 1 heterocycles. The molecule has 3 rings (SSSR count). The highest BCUT2D eigenvalue weighted by Crippen LogP contribution is 2.39. The molecule has 0 unspecified atom stereocenters. The number of carbonyl (C=O) groups excluding carboxylic acids is 1. The minimum absolute atomic E-state index is 0.0876. The quantitative estimate of drug-likeness (QED) is 0.272. The van der Waals surface area contributed by atoms with Crippen LogP contribution < -0.4 is 20.1 Å². The predicted octanol–water partition coefficient (Wildman–Crippen LogP) is 7.20. The molecule has 0 radical (unpaired) electrons. The highest BCUT2D eigenvalue weighted by atomic mass is 19.4. The number of rotatable bonds is 10. The van der Waals surface area contributed by atoms with Crippen LogP contribution in [0.3, 0.4) is 0 Å². The van der Waals surface area contributed by atoms with Gasteiger partial charge in [0.05, 0.1) is 5.60 Å². The SMILES string of the molecule is CCCC(O)(CCC)c1ccccc1Oc1ncccc1NC(=O)Nc1cccc(OC(F)(F)F)c1. The molecule has 0 aliphatic heterocycles. The number of benzene rings is 2. The summed E-state index contributed by atoms with van der Waals surface area (Å²) < 4.78 is 47.4. The monoisotopic (exact) mass is 503 g/mol. The van der Waals surface area contributed by atoms with E-state index in [0.29, 0.717) is 24.2 Å². The van der Waals surface area contributed by atoms with Crippen molar-refractivity contribution in [1.29, 1.82) is 0 Å². The molecule has 0 aliphatic rings. The van der Waals surface area contributed by atoms with Crippen molar-refractivity contribution < 1.29 is 32.5 Å². The molecule has 2 aromatic carbocycles. The van der Waals surface area contributed by atoms with E-state index in [1.54, 1.807) is 30.3 Å². The van der Waals surface area contributed by atoms with Gasteiger partial charge < -0.3 is 25.2 Å². The van der Waals surface area contributed by atoms with E-state index in [9.17, 15) is 23.1 Å². The van der Waals surface area contributed by atoms with Crippen LogP contribution in [-0.2, 0) is 5.60 Å². The first kappa shape index (κ1) is 26.8. The number of urea groups is 1. The molecule has 192 valence electrons. The number of nitrogens with one attached hydrogen (secondary N) is 2. The van der Waals surface area contributed by atoms with Gasteiger partial charge in [-0.3, -0.25) is 0 Å². The van der Waals surface area contributed by atoms with Crippen molar-refractivity contribution in [2.75, 3.05) is 10.6 Å². The Morgan fingerprint density at radius 3 is 2.39 bits per heavy atom. The maximum atomic E-state index is 12.6. The number of hydrogen-bond acceptors (Lipinski definition) is 5. The number of anilines is 2. The van der Waals surface area contributed by atoms with E-state index >= 15 is 0 Å². The van der Waals surface area contributed by atoms with E-state index in [-0.39, 0.29) is 17.3 Å². The highest BCUT2D eigenvalue weighted by Gasteiger charge is 2.32. The third-order valence-corrected chi connectivity index (χ3v) is 5.27. The fourth-order valence-electron chi connectivity index (χ4n) is 3.89. The normalized spacial score (nSPS) is 11.6. The van der Waals surface area contributed by atoms with Gasteiger partial charge in [0.25, 0.3) is 0 Å². The second-order valence-electron chi connectivity index (χ2n) is 8.14. The van der Waals surface area contributed by atoms with Gasteiger partial charge in [0.2, 0.25) is 5.88 Å². The van der Waals surface area contributed by atoms with Gasteiger partial charge in [-0.05, 0) is 43.2 Å². The molecule has 0 bridgehead atoms. The van der Waals surface area contributed by atoms with Crippen LogP contribution >= 0.6 is 0 Å². The smallest absolute Gasteiger partial charge is 0.437 e. The molecular weight excluding hydrogens is 475 g/mol. The summed E-state index contributed by atoms with van der Waals surface area (Å²) >= 11 is 0. The number of nitrogens with zero attached hydrogens (tertiary/aromatic N) is 1. The largest absolute Gasteiger partial charge is 0.573 e. The van der Waals surface area contributed by atoms with Crippen molar-refractivity contribution >= 4 is 17.4 Å². The molecule has 1 aromatic heterocycles. The Kier molecular flexibility index (Phi) is 8.76. The summed E-state index contributed by atoms with van der Waals surface area (Å²) in [5, 5.41) is 16.4. The van der Waals surface area contributed by atoms with Crippen LogP contribution in [0.2, 0.25) is 0 Å². The Balaban J connectivity index is 1.79. The second-order valence-corrected chi connectivity index (χ2v) is 8.14. The summed E-state index contributed by atoms with van der Waals surface area (Å²) in [5.41, 5.74) is -0.142. The van der Waals surface area contributed by atoms with Crippen LogP contribution in [0.5, 0.6) is 17.4 Å². The lowest BCUT2D eigenvalue weighted by Crippen LogP contribution is -2.26. The van der Waals surface area contributed by atoms with Gasteiger partial charge in [-0.2, -0.15) is 0 Å². The van der Waals surface area contributed by atoms with E-state index in [1.807, 2.05) is 19.9 Å². The zero-order valence-electron chi connectivity index (χ0n) is 19.9. The summed E-state index contributed by atoms with van der Waals surface area (Å²) in [6.07, 6.45) is -0.710. The molecule has 0 fully saturated rings. The van der Waals surface area contributed by atoms with Gasteiger partial charge in [0.15, 0.2) is 0 Å². The van der Waals surface area contributed by atoms with Gasteiger partial charge >= 0.3 is 12.4 Å². The van der Waals surface area contributed by atoms with E-state index in [0.717, 1.165) is 25.0 Å². The number of aliphatic hydroxyl groups is 1. The molecular formula is C26H28F3N3O4. The molecule has 0 atom stereocenters. The lowest BCUT2D eigenvalue weighted by atomic mass is 9.85. The van der Waals surface area contributed by atoms with Crippen molar-refractivity contribution in [3.05, 3.63) is 72.4 Å². The maximum Gasteiger partial charge on any atom is 0.573 e. The summed E-state index contributed by atoms with van der Waals surface area (Å²) in [6, 6.07) is 14.5. The third kappa shape index (κ3) is 7.35. The first-order valence-electron chi connectivity index (χ1n) is 11.5. The second kappa shape index (κ2) is 11.8. The van der Waals surface area contributed by atoms with E-state index in [2.05, 4.69) is 20.4 Å². The van der Waals surface area contributed by atoms with Crippen molar-refractivity contribution in [3.8, 4) is 17.4 Å². The lowest BCUT2D eigenvalue weighted by Gasteiger charge is -2.30. The number of ether oxygens (including phenoxy) is 2. The first-order valence-corrected chi connectivity index (χ1v) is 11.5. The zero-order valence-corrected chi connectivity index (χ0v) is 19.9. The van der Waals surface area contributed by atoms with Crippen molar-refractivity contribution in [3.63, 3.8) is 0 Å². The molecule has 3 aromatic rings. The van der Waals surface area contributed by atoms with E-state index in [4.69, 9.17) is 4.74 Å². The van der Waals surface area contributed by atoms with Gasteiger partial charge in [-0.25, -0.2) is 9.78 Å². The number of carbonyl (C=O) groups is 1. The summed E-state index contributed by atoms with van der Waals surface area (Å²) in [5.74, 6) is 0.0274. The summed E-state index contributed by atoms with van der Waals surface area (Å²) in [6.45, 7) is 3.99. The summed E-state index contributed by atoms with van der Waals surface area (Å²) in [4.78, 5) is 16.8. The van der Waals surface area contributed by atoms with Crippen LogP contribution in [0.1, 0.15) is 45.1 Å². The molecule has 0 saturated carbocycles. The zero-order chi connectivity index (χ0) is 26.2. The Bertz CT molecular complexity index is 1160. The third-order valence-electron chi connectivity index (χ3n) is 5.27. The van der Waals surface area contributed by atoms with Gasteiger partial charge in [0.1, 0.15) is 17.2 Å². The molecule has 10 heteroatoms. The number of para-hydroxylation sites is 1. The number of amides is 2. The average molecular weight is 504 g/mol. The van der Waals surface area contributed by atoms with Crippen molar-refractivity contribution in [1.82, 2.24) is 4.98 Å². The number of pyridine rings is 1. The molecule has 36 heavy (non-hydrogen) atoms. The summed E-state index contributed by atoms with van der Waals surface area (Å²) in [7, 11) is 0. The first-order chi connectivity index (χ1) is 17.1. The van der Waals surface area contributed by atoms with E-state index in [1.165, 1.54) is 18.3 Å². The molecule has 3 N–H and O–H groups in total. The Labute approximate surface area is 207 Å². The lowest BCUT2D eigenvalue weighted by molar-refractivity contribution is -0.274. The Morgan fingerprint density at radius 1 is 0.972 bits per heavy atom. The maximum absolute atomic E-state index is 12.6. The number of hydrogen-bond donors (Lipinski definition) is 3. The highest BCUT2D eigenvalue weighted by molar-refractivity contribution is 6.00. The molecule has 7 nitrogen and oxygen atoms in total. The van der Waals surface area contributed by atoms with Gasteiger partial charge in [-0.1, -0.05) is 51.0 Å². The van der Waals surface area contributed by atoms with Crippen LogP contribution in [0, 0.1) is 0 Å². The predicted molar refractivity (Wildman–Crippen MR) is 130 cm³/mol. The molecule has 0 saturated heterocycles. The Morgan fingerprint density at radius 2 is 1.69 bits per heavy atom. The van der Waals surface area contributed by atoms with Gasteiger partial charge in [0, 0.05) is 23.5 Å². The van der Waals surface area contributed by atoms with Crippen LogP contribution in [0.25, 0.3) is 0 Å².